The molecule has 1 aliphatic rings. The first-order chi connectivity index (χ1) is 8.24. The smallest absolute Gasteiger partial charge is 0.355 e. The minimum Gasteiger partial charge on any atom is -0.355 e. The van der Waals surface area contributed by atoms with E-state index in [4.69, 9.17) is 0 Å². The second-order valence-corrected chi connectivity index (χ2v) is 4.91. The molecule has 1 fully saturated rings. The lowest BCUT2D eigenvalue weighted by Crippen LogP contribution is -2.44. The summed E-state index contributed by atoms with van der Waals surface area (Å²) in [6, 6.07) is 4.85. The molecule has 2 nitrogen and oxygen atoms in total. The summed E-state index contributed by atoms with van der Waals surface area (Å²) in [7, 11) is 0. The lowest BCUT2D eigenvalue weighted by Gasteiger charge is -2.31. The first kappa shape index (κ1) is 12.9. The molecule has 0 bridgehead atoms. The molecule has 2 rings (SSSR count). The van der Waals surface area contributed by atoms with Crippen molar-refractivity contribution in [2.75, 3.05) is 6.54 Å². The number of alkyl halides is 3. The van der Waals surface area contributed by atoms with E-state index in [9.17, 15) is 18.0 Å². The standard InChI is InChI=1S/C13H14F3NO/c1-8-3-9(2)5-10(4-8)12(13(14,15)16)6-11(18)17-7-12/h3-5H,6-7H2,1-2H3,(H,17,18). The third-order valence-electron chi connectivity index (χ3n) is 3.37. The molecule has 5 heteroatoms. The summed E-state index contributed by atoms with van der Waals surface area (Å²) in [4.78, 5) is 11.2. The van der Waals surface area contributed by atoms with Gasteiger partial charge in [0.1, 0.15) is 5.41 Å². The van der Waals surface area contributed by atoms with Gasteiger partial charge in [0, 0.05) is 13.0 Å². The zero-order valence-electron chi connectivity index (χ0n) is 10.2. The fraction of sp³-hybridized carbons (Fsp3) is 0.462. The number of nitrogens with one attached hydrogen (secondary N) is 1. The Morgan fingerprint density at radius 1 is 1.17 bits per heavy atom. The van der Waals surface area contributed by atoms with Crippen LogP contribution in [0.5, 0.6) is 0 Å². The van der Waals surface area contributed by atoms with Crippen LogP contribution in [0.1, 0.15) is 23.1 Å². The van der Waals surface area contributed by atoms with E-state index >= 15 is 0 Å². The van der Waals surface area contributed by atoms with Crippen molar-refractivity contribution < 1.29 is 18.0 Å². The van der Waals surface area contributed by atoms with Gasteiger partial charge in [-0.25, -0.2) is 0 Å². The van der Waals surface area contributed by atoms with Crippen molar-refractivity contribution in [3.05, 3.63) is 34.9 Å². The first-order valence-corrected chi connectivity index (χ1v) is 5.67. The minimum absolute atomic E-state index is 0.172. The molecule has 0 spiro atoms. The molecular formula is C13H14F3NO. The van der Waals surface area contributed by atoms with Crippen molar-refractivity contribution in [2.45, 2.75) is 31.9 Å². The zero-order chi connectivity index (χ0) is 13.6. The van der Waals surface area contributed by atoms with Crippen LogP contribution in [0.4, 0.5) is 13.2 Å². The predicted molar refractivity (Wildman–Crippen MR) is 61.3 cm³/mol. The molecule has 18 heavy (non-hydrogen) atoms. The second kappa shape index (κ2) is 4.00. The Morgan fingerprint density at radius 3 is 2.11 bits per heavy atom. The number of amides is 1. The minimum atomic E-state index is -4.44. The number of carbonyl (C=O) groups is 1. The van der Waals surface area contributed by atoms with Crippen LogP contribution in [0.15, 0.2) is 18.2 Å². The monoisotopic (exact) mass is 257 g/mol. The lowest BCUT2D eigenvalue weighted by molar-refractivity contribution is -0.185. The largest absolute Gasteiger partial charge is 0.400 e. The Balaban J connectivity index is 2.57. The molecule has 1 N–H and O–H groups in total. The third kappa shape index (κ3) is 1.98. The van der Waals surface area contributed by atoms with Gasteiger partial charge < -0.3 is 5.32 Å². The topological polar surface area (TPSA) is 29.1 Å². The number of halogens is 3. The summed E-state index contributed by atoms with van der Waals surface area (Å²) >= 11 is 0. The van der Waals surface area contributed by atoms with E-state index in [1.54, 1.807) is 13.8 Å². The summed E-state index contributed by atoms with van der Waals surface area (Å²) < 4.78 is 40.0. The van der Waals surface area contributed by atoms with Crippen LogP contribution in [0, 0.1) is 13.8 Å². The van der Waals surface area contributed by atoms with Gasteiger partial charge in [0.25, 0.3) is 0 Å². The number of carbonyl (C=O) groups excluding carboxylic acids is 1. The van der Waals surface area contributed by atoms with Crippen LogP contribution in [-0.2, 0) is 10.2 Å². The average molecular weight is 257 g/mol. The van der Waals surface area contributed by atoms with Crippen LogP contribution < -0.4 is 5.32 Å². The van der Waals surface area contributed by atoms with Crippen molar-refractivity contribution in [2.24, 2.45) is 0 Å². The van der Waals surface area contributed by atoms with Crippen LogP contribution in [-0.4, -0.2) is 18.6 Å². The van der Waals surface area contributed by atoms with E-state index in [1.807, 2.05) is 6.07 Å². The highest BCUT2D eigenvalue weighted by molar-refractivity contribution is 5.81. The molecular weight excluding hydrogens is 243 g/mol. The Kier molecular flexibility index (Phi) is 2.87. The molecule has 1 saturated heterocycles. The molecule has 0 aliphatic carbocycles. The second-order valence-electron chi connectivity index (χ2n) is 4.91. The van der Waals surface area contributed by atoms with E-state index < -0.39 is 23.9 Å². The number of benzene rings is 1. The molecule has 0 radical (unpaired) electrons. The van der Waals surface area contributed by atoms with E-state index in [0.717, 1.165) is 11.1 Å². The van der Waals surface area contributed by atoms with Gasteiger partial charge in [0.2, 0.25) is 5.91 Å². The molecule has 1 heterocycles. The van der Waals surface area contributed by atoms with Crippen LogP contribution >= 0.6 is 0 Å². The first-order valence-electron chi connectivity index (χ1n) is 5.67. The molecule has 0 aromatic heterocycles. The van der Waals surface area contributed by atoms with Gasteiger partial charge in [0.15, 0.2) is 0 Å². The highest BCUT2D eigenvalue weighted by atomic mass is 19.4. The SMILES string of the molecule is Cc1cc(C)cc(C2(C(F)(F)F)CNC(=O)C2)c1. The van der Waals surface area contributed by atoms with Gasteiger partial charge >= 0.3 is 6.18 Å². The molecule has 0 saturated carbocycles. The van der Waals surface area contributed by atoms with Crippen molar-refractivity contribution >= 4 is 5.91 Å². The summed E-state index contributed by atoms with van der Waals surface area (Å²) in [5, 5.41) is 2.30. The summed E-state index contributed by atoms with van der Waals surface area (Å²) in [5.74, 6) is -0.550. The van der Waals surface area contributed by atoms with Gasteiger partial charge in [0.05, 0.1) is 0 Å². The molecule has 1 atom stereocenters. The van der Waals surface area contributed by atoms with Gasteiger partial charge in [-0.05, 0) is 19.4 Å². The maximum atomic E-state index is 13.3. The molecule has 1 aromatic rings. The quantitative estimate of drug-likeness (QED) is 0.823. The molecule has 1 unspecified atom stereocenters. The number of hydrogen-bond acceptors (Lipinski definition) is 1. The van der Waals surface area contributed by atoms with E-state index in [2.05, 4.69) is 5.32 Å². The predicted octanol–water partition coefficient (Wildman–Crippen LogP) is 2.62. The fourth-order valence-electron chi connectivity index (χ4n) is 2.47. The maximum absolute atomic E-state index is 13.3. The summed E-state index contributed by atoms with van der Waals surface area (Å²) in [5.41, 5.74) is -0.368. The van der Waals surface area contributed by atoms with E-state index in [1.165, 1.54) is 12.1 Å². The van der Waals surface area contributed by atoms with Gasteiger partial charge in [-0.15, -0.1) is 0 Å². The highest BCUT2D eigenvalue weighted by Crippen LogP contribution is 2.46. The highest BCUT2D eigenvalue weighted by Gasteiger charge is 2.59. The third-order valence-corrected chi connectivity index (χ3v) is 3.37. The van der Waals surface area contributed by atoms with Crippen molar-refractivity contribution in [3.63, 3.8) is 0 Å². The average Bonchev–Trinajstić information content (AvgIpc) is 2.59. The Hall–Kier alpha value is -1.52. The lowest BCUT2D eigenvalue weighted by atomic mass is 9.78. The summed E-state index contributed by atoms with van der Waals surface area (Å²) in [6.07, 6.45) is -4.97. The van der Waals surface area contributed by atoms with E-state index in [-0.39, 0.29) is 12.1 Å². The molecule has 98 valence electrons. The van der Waals surface area contributed by atoms with E-state index in [0.29, 0.717) is 0 Å². The normalized spacial score (nSPS) is 24.2. The van der Waals surface area contributed by atoms with Gasteiger partial charge in [-0.2, -0.15) is 13.2 Å². The van der Waals surface area contributed by atoms with Crippen molar-refractivity contribution in [1.29, 1.82) is 0 Å². The number of rotatable bonds is 1. The fourth-order valence-corrected chi connectivity index (χ4v) is 2.47. The maximum Gasteiger partial charge on any atom is 0.400 e. The Labute approximate surface area is 103 Å². The van der Waals surface area contributed by atoms with Crippen LogP contribution in [0.25, 0.3) is 0 Å². The van der Waals surface area contributed by atoms with Crippen molar-refractivity contribution in [1.82, 2.24) is 5.32 Å². The molecule has 1 aromatic carbocycles. The zero-order valence-corrected chi connectivity index (χ0v) is 10.2. The summed E-state index contributed by atoms with van der Waals surface area (Å²) in [6.45, 7) is 3.13. The molecule has 1 aliphatic heterocycles. The van der Waals surface area contributed by atoms with Crippen LogP contribution in [0.2, 0.25) is 0 Å². The number of hydrogen-bond donors (Lipinski definition) is 1. The Morgan fingerprint density at radius 2 is 1.72 bits per heavy atom. The van der Waals surface area contributed by atoms with Gasteiger partial charge in [-0.3, -0.25) is 4.79 Å². The number of aryl methyl sites for hydroxylation is 2. The Bertz CT molecular complexity index is 475. The van der Waals surface area contributed by atoms with Crippen molar-refractivity contribution in [3.8, 4) is 0 Å². The van der Waals surface area contributed by atoms with Crippen LogP contribution in [0.3, 0.4) is 0 Å². The van der Waals surface area contributed by atoms with Gasteiger partial charge in [-0.1, -0.05) is 29.3 Å². The molecule has 1 amide bonds.